The molecule has 0 N–H and O–H groups in total. The average Bonchev–Trinajstić information content (AvgIpc) is 3.16. The summed E-state index contributed by atoms with van der Waals surface area (Å²) in [5.74, 6) is 0.681. The van der Waals surface area contributed by atoms with Gasteiger partial charge in [-0.25, -0.2) is 0 Å². The molecule has 3 heteroatoms. The summed E-state index contributed by atoms with van der Waals surface area (Å²) < 4.78 is 2.46. The molecular weight excluding hydrogens is 450 g/mol. The van der Waals surface area contributed by atoms with Gasteiger partial charge in [0.25, 0.3) is 0 Å². The maximum absolute atomic E-state index is 2.57. The van der Waals surface area contributed by atoms with Crippen LogP contribution in [0.15, 0.2) is 69.5 Å². The fourth-order valence-electron chi connectivity index (χ4n) is 4.06. The molecule has 0 radical (unpaired) electrons. The Morgan fingerprint density at radius 3 is 1.85 bits per heavy atom. The van der Waals surface area contributed by atoms with Crippen LogP contribution in [0.2, 0.25) is 0 Å². The molecule has 2 aliphatic rings. The molecule has 2 aliphatic carbocycles. The van der Waals surface area contributed by atoms with Gasteiger partial charge in [-0.15, -0.1) is 0 Å². The van der Waals surface area contributed by atoms with Gasteiger partial charge in [-0.2, -0.15) is 0 Å². The van der Waals surface area contributed by atoms with Gasteiger partial charge in [0.1, 0.15) is 0 Å². The standard InChI is InChI=1S/C13H9.C11H17.2ClH.Zr/c1-3-7-12-10(5-1)9-11-6-2-4-8-13(11)12;1-5-9-6-7-10(8-9)11(2,3)4;;;/h1-9H;7-9H,5H2,1-4H3;2*1H;/q;;;;+2/p-2. The van der Waals surface area contributed by atoms with Crippen molar-refractivity contribution in [3.8, 4) is 11.1 Å². The predicted octanol–water partition coefficient (Wildman–Crippen LogP) is 0.743. The van der Waals surface area contributed by atoms with Crippen molar-refractivity contribution in [2.75, 3.05) is 0 Å². The minimum absolute atomic E-state index is 0. The normalized spacial score (nSPS) is 17.7. The Hall–Kier alpha value is -0.617. The van der Waals surface area contributed by atoms with E-state index in [0.717, 1.165) is 0 Å². The monoisotopic (exact) mass is 474 g/mol. The molecule has 0 nitrogen and oxygen atoms in total. The van der Waals surface area contributed by atoms with Crippen LogP contribution in [0.5, 0.6) is 0 Å². The number of hydrogen-bond donors (Lipinski definition) is 0. The van der Waals surface area contributed by atoms with Crippen LogP contribution in [0.4, 0.5) is 0 Å². The Morgan fingerprint density at radius 2 is 1.37 bits per heavy atom. The van der Waals surface area contributed by atoms with E-state index in [4.69, 9.17) is 0 Å². The smallest absolute Gasteiger partial charge is 1.00 e. The molecule has 0 saturated heterocycles. The van der Waals surface area contributed by atoms with Crippen LogP contribution in [0, 0.1) is 11.3 Å². The first-order chi connectivity index (χ1) is 12.0. The van der Waals surface area contributed by atoms with E-state index >= 15 is 0 Å². The summed E-state index contributed by atoms with van der Waals surface area (Å²) in [7, 11) is 0. The molecule has 27 heavy (non-hydrogen) atoms. The second-order valence-electron chi connectivity index (χ2n) is 8.24. The molecule has 4 rings (SSSR count). The fourth-order valence-corrected chi connectivity index (χ4v) is 8.70. The van der Waals surface area contributed by atoms with E-state index in [9.17, 15) is 0 Å². The second kappa shape index (κ2) is 8.81. The molecule has 0 aromatic heterocycles. The first-order valence-electron chi connectivity index (χ1n) is 9.37. The first-order valence-corrected chi connectivity index (χ1v) is 12.0. The van der Waals surface area contributed by atoms with Gasteiger partial charge < -0.3 is 24.8 Å². The summed E-state index contributed by atoms with van der Waals surface area (Å²) in [6, 6.07) is 18.2. The van der Waals surface area contributed by atoms with Gasteiger partial charge in [-0.3, -0.25) is 0 Å². The zero-order chi connectivity index (χ0) is 17.6. The molecule has 0 bridgehead atoms. The molecule has 0 amide bonds. The van der Waals surface area contributed by atoms with Crippen LogP contribution in [0.1, 0.15) is 48.9 Å². The van der Waals surface area contributed by atoms with Crippen molar-refractivity contribution in [3.05, 3.63) is 80.7 Å². The molecule has 1 atom stereocenters. The van der Waals surface area contributed by atoms with E-state index in [1.54, 1.807) is 20.0 Å². The molecular formula is C24H26Cl2Zr. The number of rotatable bonds is 3. The van der Waals surface area contributed by atoms with Crippen molar-refractivity contribution in [1.82, 2.24) is 0 Å². The third-order valence-electron chi connectivity index (χ3n) is 5.54. The van der Waals surface area contributed by atoms with E-state index in [-0.39, 0.29) is 30.2 Å². The largest absolute Gasteiger partial charge is 1.00 e. The Labute approximate surface area is 187 Å². The number of fused-ring (bicyclic) bond motifs is 3. The van der Waals surface area contributed by atoms with Crippen molar-refractivity contribution in [2.45, 2.75) is 37.7 Å². The van der Waals surface area contributed by atoms with Crippen LogP contribution in [0.25, 0.3) is 11.1 Å². The predicted molar refractivity (Wildman–Crippen MR) is 103 cm³/mol. The quantitative estimate of drug-likeness (QED) is 0.613. The average molecular weight is 477 g/mol. The third kappa shape index (κ3) is 4.21. The van der Waals surface area contributed by atoms with Crippen LogP contribution in [-0.2, 0) is 23.2 Å². The number of benzene rings is 2. The van der Waals surface area contributed by atoms with Crippen molar-refractivity contribution in [2.24, 2.45) is 11.3 Å². The molecule has 1 unspecified atom stereocenters. The molecule has 2 aromatic rings. The Kier molecular flexibility index (Phi) is 7.40. The molecule has 0 aliphatic heterocycles. The van der Waals surface area contributed by atoms with Gasteiger partial charge in [-0.05, 0) is 0 Å². The topological polar surface area (TPSA) is 0 Å². The summed E-state index contributed by atoms with van der Waals surface area (Å²) in [6.07, 6.45) is 6.37. The van der Waals surface area contributed by atoms with E-state index in [0.29, 0.717) is 9.54 Å². The van der Waals surface area contributed by atoms with Crippen molar-refractivity contribution in [1.29, 1.82) is 0 Å². The first kappa shape index (κ1) is 22.7. The Bertz CT molecular complexity index is 828. The van der Waals surface area contributed by atoms with Gasteiger partial charge in [0.2, 0.25) is 0 Å². The van der Waals surface area contributed by atoms with E-state index in [2.05, 4.69) is 88.4 Å². The summed E-state index contributed by atoms with van der Waals surface area (Å²) in [5, 5.41) is 0. The van der Waals surface area contributed by atoms with Crippen molar-refractivity contribution >= 4 is 0 Å². The second-order valence-corrected chi connectivity index (χ2v) is 11.8. The summed E-state index contributed by atoms with van der Waals surface area (Å²) in [6.45, 7) is 9.37. The van der Waals surface area contributed by atoms with Gasteiger partial charge in [0, 0.05) is 0 Å². The Balaban J connectivity index is 0.00000131. The van der Waals surface area contributed by atoms with Crippen LogP contribution >= 0.6 is 0 Å². The molecule has 0 spiro atoms. The zero-order valence-corrected chi connectivity index (χ0v) is 20.4. The molecule has 0 saturated carbocycles. The molecule has 0 heterocycles. The number of allylic oxidation sites excluding steroid dienone is 4. The van der Waals surface area contributed by atoms with Crippen molar-refractivity contribution in [3.63, 3.8) is 0 Å². The van der Waals surface area contributed by atoms with Gasteiger partial charge in [-0.1, -0.05) is 0 Å². The minimum Gasteiger partial charge on any atom is -1.00 e. The minimum atomic E-state index is -0.736. The third-order valence-corrected chi connectivity index (χ3v) is 9.87. The fraction of sp³-hybridized carbons (Fsp3) is 0.333. The zero-order valence-electron chi connectivity index (χ0n) is 16.4. The van der Waals surface area contributed by atoms with Gasteiger partial charge in [0.15, 0.2) is 0 Å². The SMILES string of the molecule is CCC1C=C(C(C)(C)C)C=[C]1[Zr+2][CH]1c2ccccc2-c2ccccc21.[Cl-].[Cl-]. The van der Waals surface area contributed by atoms with Crippen molar-refractivity contribution < 1.29 is 48.0 Å². The maximum atomic E-state index is 2.57. The molecule has 0 fully saturated rings. The van der Waals surface area contributed by atoms with Gasteiger partial charge >= 0.3 is 164 Å². The number of halogens is 2. The van der Waals surface area contributed by atoms with Crippen LogP contribution in [-0.4, -0.2) is 0 Å². The van der Waals surface area contributed by atoms with E-state index in [1.807, 2.05) is 0 Å². The van der Waals surface area contributed by atoms with Crippen LogP contribution in [0.3, 0.4) is 0 Å². The summed E-state index contributed by atoms with van der Waals surface area (Å²) in [5.41, 5.74) is 7.92. The molecule has 2 aromatic carbocycles. The van der Waals surface area contributed by atoms with Crippen LogP contribution < -0.4 is 24.8 Å². The van der Waals surface area contributed by atoms with Gasteiger partial charge in [0.05, 0.1) is 0 Å². The number of hydrogen-bond acceptors (Lipinski definition) is 0. The maximum Gasteiger partial charge on any atom is -1.00 e. The summed E-state index contributed by atoms with van der Waals surface area (Å²) in [4.78, 5) is 0. The molecule has 140 valence electrons. The Morgan fingerprint density at radius 1 is 0.852 bits per heavy atom. The van der Waals surface area contributed by atoms with E-state index in [1.165, 1.54) is 17.5 Å². The van der Waals surface area contributed by atoms with E-state index < -0.39 is 23.2 Å². The summed E-state index contributed by atoms with van der Waals surface area (Å²) >= 11 is -0.736.